The number of aliphatic hydroxyl groups excluding tert-OH is 2. The lowest BCUT2D eigenvalue weighted by Gasteiger charge is -2.17. The van der Waals surface area contributed by atoms with E-state index in [1.165, 1.54) is 12.1 Å². The fraction of sp³-hybridized carbons (Fsp3) is 0.300. The first-order valence-electron chi connectivity index (χ1n) is 4.42. The summed E-state index contributed by atoms with van der Waals surface area (Å²) in [6.45, 7) is 0. The van der Waals surface area contributed by atoms with Crippen LogP contribution in [0.25, 0.3) is 0 Å². The Labute approximate surface area is 106 Å². The van der Waals surface area contributed by atoms with Crippen LogP contribution in [-0.4, -0.2) is 33.3 Å². The fourth-order valence-corrected chi connectivity index (χ4v) is 1.79. The Kier molecular flexibility index (Phi) is 4.73. The van der Waals surface area contributed by atoms with Gasteiger partial charge in [0.05, 0.1) is 17.5 Å². The second kappa shape index (κ2) is 5.63. The topological polar surface area (TPSA) is 77.8 Å². The number of hydrogen-bond acceptors (Lipinski definition) is 3. The maximum absolute atomic E-state index is 10.9. The molecule has 16 heavy (non-hydrogen) atoms. The lowest BCUT2D eigenvalue weighted by Crippen LogP contribution is -2.21. The summed E-state index contributed by atoms with van der Waals surface area (Å²) in [6.07, 6.45) is -2.50. The van der Waals surface area contributed by atoms with Crippen LogP contribution in [0.2, 0.25) is 0 Å². The van der Waals surface area contributed by atoms with Crippen LogP contribution in [0.4, 0.5) is 0 Å². The van der Waals surface area contributed by atoms with Gasteiger partial charge < -0.3 is 15.3 Å². The SMILES string of the molecule is O=C(O)c1cc(Br)ccc1C(O)C(O)CCl. The second-order valence-electron chi connectivity index (χ2n) is 3.20. The minimum Gasteiger partial charge on any atom is -0.478 e. The quantitative estimate of drug-likeness (QED) is 0.741. The molecule has 6 heteroatoms. The van der Waals surface area contributed by atoms with Crippen LogP contribution in [0.1, 0.15) is 22.0 Å². The van der Waals surface area contributed by atoms with Crippen LogP contribution < -0.4 is 0 Å². The van der Waals surface area contributed by atoms with E-state index in [9.17, 15) is 15.0 Å². The third kappa shape index (κ3) is 2.95. The predicted octanol–water partition coefficient (Wildman–Crippen LogP) is 1.78. The van der Waals surface area contributed by atoms with Crippen molar-refractivity contribution in [1.29, 1.82) is 0 Å². The molecule has 0 saturated heterocycles. The monoisotopic (exact) mass is 308 g/mol. The number of aromatic carboxylic acids is 1. The van der Waals surface area contributed by atoms with Crippen molar-refractivity contribution in [1.82, 2.24) is 0 Å². The fourth-order valence-electron chi connectivity index (χ4n) is 1.26. The van der Waals surface area contributed by atoms with E-state index in [2.05, 4.69) is 15.9 Å². The molecular weight excluding hydrogens is 299 g/mol. The lowest BCUT2D eigenvalue weighted by molar-refractivity contribution is 0.0313. The van der Waals surface area contributed by atoms with Gasteiger partial charge >= 0.3 is 5.97 Å². The predicted molar refractivity (Wildman–Crippen MR) is 62.8 cm³/mol. The van der Waals surface area contributed by atoms with Crippen LogP contribution in [0.15, 0.2) is 22.7 Å². The van der Waals surface area contributed by atoms with Crippen molar-refractivity contribution in [3.8, 4) is 0 Å². The molecule has 0 aliphatic carbocycles. The van der Waals surface area contributed by atoms with Gasteiger partial charge in [-0.3, -0.25) is 0 Å². The van der Waals surface area contributed by atoms with Crippen LogP contribution >= 0.6 is 27.5 Å². The van der Waals surface area contributed by atoms with E-state index >= 15 is 0 Å². The summed E-state index contributed by atoms with van der Waals surface area (Å²) in [4.78, 5) is 10.9. The van der Waals surface area contributed by atoms with Crippen molar-refractivity contribution in [2.45, 2.75) is 12.2 Å². The van der Waals surface area contributed by atoms with E-state index < -0.39 is 18.2 Å². The van der Waals surface area contributed by atoms with Gasteiger partial charge in [0.25, 0.3) is 0 Å². The summed E-state index contributed by atoms with van der Waals surface area (Å²) in [5.74, 6) is -1.34. The highest BCUT2D eigenvalue weighted by molar-refractivity contribution is 9.10. The standard InChI is InChI=1S/C10H10BrClO4/c11-5-1-2-6(7(3-5)10(15)16)9(14)8(13)4-12/h1-3,8-9,13-14H,4H2,(H,15,16). The Morgan fingerprint density at radius 1 is 1.44 bits per heavy atom. The zero-order chi connectivity index (χ0) is 12.3. The Balaban J connectivity index is 3.17. The molecule has 0 fully saturated rings. The smallest absolute Gasteiger partial charge is 0.336 e. The van der Waals surface area contributed by atoms with Crippen molar-refractivity contribution in [3.05, 3.63) is 33.8 Å². The van der Waals surface area contributed by atoms with Gasteiger partial charge in [-0.1, -0.05) is 22.0 Å². The zero-order valence-electron chi connectivity index (χ0n) is 8.10. The van der Waals surface area contributed by atoms with E-state index in [1.807, 2.05) is 0 Å². The maximum Gasteiger partial charge on any atom is 0.336 e. The van der Waals surface area contributed by atoms with E-state index in [4.69, 9.17) is 16.7 Å². The van der Waals surface area contributed by atoms with Crippen LogP contribution in [-0.2, 0) is 0 Å². The molecule has 4 nitrogen and oxygen atoms in total. The highest BCUT2D eigenvalue weighted by Crippen LogP contribution is 2.25. The number of carbonyl (C=O) groups is 1. The summed E-state index contributed by atoms with van der Waals surface area (Å²) < 4.78 is 0.584. The summed E-state index contributed by atoms with van der Waals surface area (Å²) in [6, 6.07) is 4.39. The Morgan fingerprint density at radius 2 is 2.06 bits per heavy atom. The van der Waals surface area contributed by atoms with Gasteiger partial charge in [-0.2, -0.15) is 0 Å². The molecule has 2 unspecified atom stereocenters. The molecule has 0 aliphatic heterocycles. The highest BCUT2D eigenvalue weighted by Gasteiger charge is 2.23. The molecule has 0 amide bonds. The third-order valence-corrected chi connectivity index (χ3v) is 2.90. The molecule has 1 aromatic carbocycles. The van der Waals surface area contributed by atoms with Gasteiger partial charge in [0.15, 0.2) is 0 Å². The number of carboxylic acid groups (broad SMARTS) is 1. The minimum atomic E-state index is -1.31. The Morgan fingerprint density at radius 3 is 2.56 bits per heavy atom. The highest BCUT2D eigenvalue weighted by atomic mass is 79.9. The Bertz CT molecular complexity index is 396. The first-order chi connectivity index (χ1) is 7.47. The van der Waals surface area contributed by atoms with Crippen molar-refractivity contribution < 1.29 is 20.1 Å². The molecule has 0 saturated carbocycles. The van der Waals surface area contributed by atoms with Gasteiger partial charge in [0, 0.05) is 4.47 Å². The molecule has 1 rings (SSSR count). The Hall–Kier alpha value is -0.620. The number of carboxylic acids is 1. The van der Waals surface area contributed by atoms with Gasteiger partial charge in [-0.25, -0.2) is 4.79 Å². The summed E-state index contributed by atoms with van der Waals surface area (Å²) >= 11 is 8.53. The van der Waals surface area contributed by atoms with E-state index in [0.29, 0.717) is 4.47 Å². The second-order valence-corrected chi connectivity index (χ2v) is 4.43. The van der Waals surface area contributed by atoms with Crippen molar-refractivity contribution in [2.24, 2.45) is 0 Å². The average molecular weight is 310 g/mol. The number of halogens is 2. The van der Waals surface area contributed by atoms with Gasteiger partial charge in [0.1, 0.15) is 6.10 Å². The number of rotatable bonds is 4. The van der Waals surface area contributed by atoms with Gasteiger partial charge in [-0.05, 0) is 17.7 Å². The number of alkyl halides is 1. The average Bonchev–Trinajstić information content (AvgIpc) is 2.26. The van der Waals surface area contributed by atoms with Gasteiger partial charge in [0.2, 0.25) is 0 Å². The van der Waals surface area contributed by atoms with E-state index in [0.717, 1.165) is 0 Å². The molecule has 88 valence electrons. The molecule has 0 radical (unpaired) electrons. The van der Waals surface area contributed by atoms with Crippen LogP contribution in [0.3, 0.4) is 0 Å². The molecule has 2 atom stereocenters. The number of hydrogen-bond donors (Lipinski definition) is 3. The molecule has 3 N–H and O–H groups in total. The van der Waals surface area contributed by atoms with Crippen molar-refractivity contribution >= 4 is 33.5 Å². The molecule has 1 aromatic rings. The van der Waals surface area contributed by atoms with Gasteiger partial charge in [-0.15, -0.1) is 11.6 Å². The number of aliphatic hydroxyl groups is 2. The summed E-state index contributed by atoms with van der Waals surface area (Å²) in [5.41, 5.74) is 0.0786. The molecule has 0 heterocycles. The van der Waals surface area contributed by atoms with E-state index in [-0.39, 0.29) is 17.0 Å². The van der Waals surface area contributed by atoms with Crippen molar-refractivity contribution in [3.63, 3.8) is 0 Å². The molecule has 0 aromatic heterocycles. The minimum absolute atomic E-state index is 0.0639. The molecule has 0 spiro atoms. The van der Waals surface area contributed by atoms with Crippen LogP contribution in [0.5, 0.6) is 0 Å². The zero-order valence-corrected chi connectivity index (χ0v) is 10.4. The van der Waals surface area contributed by atoms with Crippen LogP contribution in [0, 0.1) is 0 Å². The van der Waals surface area contributed by atoms with Crippen molar-refractivity contribution in [2.75, 3.05) is 5.88 Å². The summed E-state index contributed by atoms with van der Waals surface area (Å²) in [7, 11) is 0. The summed E-state index contributed by atoms with van der Waals surface area (Å²) in [5, 5.41) is 28.0. The third-order valence-electron chi connectivity index (χ3n) is 2.09. The maximum atomic E-state index is 10.9. The molecular formula is C10H10BrClO4. The molecule has 0 bridgehead atoms. The largest absolute Gasteiger partial charge is 0.478 e. The first kappa shape index (κ1) is 13.4. The first-order valence-corrected chi connectivity index (χ1v) is 5.75. The molecule has 0 aliphatic rings. The lowest BCUT2D eigenvalue weighted by atomic mass is 9.99. The van der Waals surface area contributed by atoms with E-state index in [1.54, 1.807) is 6.07 Å². The normalized spacial score (nSPS) is 14.5. The number of benzene rings is 1.